The molecule has 1 saturated heterocycles. The first-order chi connectivity index (χ1) is 14.7. The zero-order valence-electron chi connectivity index (χ0n) is 16.1. The number of amides is 1. The molecule has 1 fully saturated rings. The Hall–Kier alpha value is -2.72. The molecule has 0 unspecified atom stereocenters. The summed E-state index contributed by atoms with van der Waals surface area (Å²) in [7, 11) is 0. The van der Waals surface area contributed by atoms with E-state index in [1.807, 2.05) is 0 Å². The number of ether oxygens (including phenoxy) is 1. The average molecular weight is 457 g/mol. The molecule has 2 aromatic heterocycles. The van der Waals surface area contributed by atoms with Crippen LogP contribution in [0.1, 0.15) is 16.9 Å². The highest BCUT2D eigenvalue weighted by Gasteiger charge is 2.31. The molecule has 6 nitrogen and oxygen atoms in total. The molecular weight excluding hydrogens is 440 g/mol. The van der Waals surface area contributed by atoms with Crippen LogP contribution in [0.25, 0.3) is 22.2 Å². The van der Waals surface area contributed by atoms with Crippen LogP contribution in [-0.4, -0.2) is 58.1 Å². The first-order valence-corrected chi connectivity index (χ1v) is 9.86. The Morgan fingerprint density at radius 3 is 2.74 bits per heavy atom. The Bertz CT molecular complexity index is 1120. The van der Waals surface area contributed by atoms with Crippen molar-refractivity contribution >= 4 is 28.4 Å². The van der Waals surface area contributed by atoms with Crippen molar-refractivity contribution in [3.8, 4) is 11.3 Å². The van der Waals surface area contributed by atoms with Crippen LogP contribution in [-0.2, 0) is 11.3 Å². The summed E-state index contributed by atoms with van der Waals surface area (Å²) in [5.41, 5.74) is 0.446. The van der Waals surface area contributed by atoms with Crippen molar-refractivity contribution in [3.63, 3.8) is 0 Å². The van der Waals surface area contributed by atoms with E-state index in [-0.39, 0.29) is 32.9 Å². The molecule has 0 aliphatic carbocycles. The number of hydrogen-bond donors (Lipinski definition) is 0. The predicted octanol–water partition coefficient (Wildman–Crippen LogP) is 4.32. The van der Waals surface area contributed by atoms with Gasteiger partial charge in [0.2, 0.25) is 0 Å². The maximum absolute atomic E-state index is 13.9. The third-order valence-electron chi connectivity index (χ3n) is 4.89. The lowest BCUT2D eigenvalue weighted by Crippen LogP contribution is -2.33. The van der Waals surface area contributed by atoms with Crippen molar-refractivity contribution in [2.45, 2.75) is 19.1 Å². The van der Waals surface area contributed by atoms with Crippen molar-refractivity contribution in [1.82, 2.24) is 19.7 Å². The molecule has 0 atom stereocenters. The quantitative estimate of drug-likeness (QED) is 0.551. The summed E-state index contributed by atoms with van der Waals surface area (Å²) in [6.07, 6.45) is -2.60. The molecule has 0 saturated carbocycles. The van der Waals surface area contributed by atoms with Crippen LogP contribution >= 0.6 is 11.6 Å². The van der Waals surface area contributed by atoms with E-state index in [9.17, 15) is 22.4 Å². The Kier molecular flexibility index (Phi) is 5.85. The number of halogens is 5. The minimum atomic E-state index is -4.54. The molecule has 31 heavy (non-hydrogen) atoms. The zero-order chi connectivity index (χ0) is 22.2. The van der Waals surface area contributed by atoms with Crippen LogP contribution in [0.3, 0.4) is 0 Å². The highest BCUT2D eigenvalue weighted by molar-refractivity contribution is 6.30. The number of pyridine rings is 1. The molecular formula is C20H17ClF4N4O2. The van der Waals surface area contributed by atoms with Crippen LogP contribution in [0.5, 0.6) is 0 Å². The maximum atomic E-state index is 13.9. The maximum Gasteiger partial charge on any atom is 0.408 e. The van der Waals surface area contributed by atoms with E-state index in [0.29, 0.717) is 32.7 Å². The first-order valence-electron chi connectivity index (χ1n) is 9.49. The van der Waals surface area contributed by atoms with E-state index >= 15 is 0 Å². The number of nitrogens with zero attached hydrogens (tertiary/aromatic N) is 4. The SMILES string of the molecule is O=C(c1cc2c(cn1)c(-c1ccc(Cl)c(F)c1)nn2CC(F)(F)F)N1CCCOCC1. The average Bonchev–Trinajstić information content (AvgIpc) is 2.89. The molecule has 0 radical (unpaired) electrons. The Labute approximate surface area is 179 Å². The van der Waals surface area contributed by atoms with Crippen LogP contribution in [0, 0.1) is 5.82 Å². The third kappa shape index (κ3) is 4.64. The fourth-order valence-corrected chi connectivity index (χ4v) is 3.56. The third-order valence-corrected chi connectivity index (χ3v) is 5.19. The molecule has 164 valence electrons. The summed E-state index contributed by atoms with van der Waals surface area (Å²) in [6, 6.07) is 5.14. The highest BCUT2D eigenvalue weighted by Crippen LogP contribution is 2.32. The summed E-state index contributed by atoms with van der Waals surface area (Å²) >= 11 is 5.71. The number of aromatic nitrogens is 3. The van der Waals surface area contributed by atoms with Crippen LogP contribution in [0.15, 0.2) is 30.5 Å². The number of benzene rings is 1. The van der Waals surface area contributed by atoms with E-state index in [2.05, 4.69) is 10.1 Å². The van der Waals surface area contributed by atoms with E-state index in [4.69, 9.17) is 16.3 Å². The molecule has 0 bridgehead atoms. The molecule has 1 aliphatic heterocycles. The van der Waals surface area contributed by atoms with Crippen LogP contribution < -0.4 is 0 Å². The van der Waals surface area contributed by atoms with Gasteiger partial charge in [0, 0.05) is 36.8 Å². The number of fused-ring (bicyclic) bond motifs is 1. The van der Waals surface area contributed by atoms with Gasteiger partial charge in [-0.05, 0) is 24.6 Å². The Balaban J connectivity index is 1.80. The zero-order valence-corrected chi connectivity index (χ0v) is 16.9. The van der Waals surface area contributed by atoms with Crippen molar-refractivity contribution in [1.29, 1.82) is 0 Å². The van der Waals surface area contributed by atoms with Gasteiger partial charge in [-0.2, -0.15) is 18.3 Å². The van der Waals surface area contributed by atoms with E-state index in [1.165, 1.54) is 24.4 Å². The summed E-state index contributed by atoms with van der Waals surface area (Å²) in [5.74, 6) is -1.12. The van der Waals surface area contributed by atoms with E-state index < -0.39 is 24.4 Å². The summed E-state index contributed by atoms with van der Waals surface area (Å²) in [4.78, 5) is 18.6. The summed E-state index contributed by atoms with van der Waals surface area (Å²) in [5, 5.41) is 4.20. The smallest absolute Gasteiger partial charge is 0.380 e. The molecule has 11 heteroatoms. The number of carbonyl (C=O) groups is 1. The van der Waals surface area contributed by atoms with Crippen molar-refractivity contribution in [3.05, 3.63) is 47.0 Å². The molecule has 1 amide bonds. The fourth-order valence-electron chi connectivity index (χ4n) is 3.44. The number of hydrogen-bond acceptors (Lipinski definition) is 4. The Morgan fingerprint density at radius 1 is 1.19 bits per heavy atom. The molecule has 0 spiro atoms. The normalized spacial score (nSPS) is 15.3. The Morgan fingerprint density at radius 2 is 2.00 bits per heavy atom. The summed E-state index contributed by atoms with van der Waals surface area (Å²) in [6.45, 7) is 0.391. The van der Waals surface area contributed by atoms with Gasteiger partial charge in [0.05, 0.1) is 17.1 Å². The number of rotatable bonds is 3. The molecule has 3 aromatic rings. The van der Waals surface area contributed by atoms with Gasteiger partial charge < -0.3 is 9.64 Å². The van der Waals surface area contributed by atoms with Gasteiger partial charge in [-0.15, -0.1) is 0 Å². The van der Waals surface area contributed by atoms with Gasteiger partial charge in [-0.1, -0.05) is 17.7 Å². The molecule has 1 aromatic carbocycles. The number of alkyl halides is 3. The number of carbonyl (C=O) groups excluding carboxylic acids is 1. The van der Waals surface area contributed by atoms with E-state index in [1.54, 1.807) is 4.90 Å². The van der Waals surface area contributed by atoms with Crippen molar-refractivity contribution in [2.75, 3.05) is 26.3 Å². The van der Waals surface area contributed by atoms with Crippen LogP contribution in [0.4, 0.5) is 17.6 Å². The largest absolute Gasteiger partial charge is 0.408 e. The van der Waals surface area contributed by atoms with Gasteiger partial charge in [0.15, 0.2) is 0 Å². The molecule has 0 N–H and O–H groups in total. The van der Waals surface area contributed by atoms with Crippen molar-refractivity contribution in [2.24, 2.45) is 0 Å². The minimum Gasteiger partial charge on any atom is -0.380 e. The lowest BCUT2D eigenvalue weighted by Gasteiger charge is -2.19. The lowest BCUT2D eigenvalue weighted by atomic mass is 10.1. The lowest BCUT2D eigenvalue weighted by molar-refractivity contribution is -0.141. The standard InChI is InChI=1S/C20H17ClF4N4O2/c21-14-3-2-12(8-15(14)22)18-13-10-26-16(19(30)28-4-1-6-31-7-5-28)9-17(13)29(27-18)11-20(23,24)25/h2-3,8-10H,1,4-7,11H2. The second kappa shape index (κ2) is 8.43. The second-order valence-electron chi connectivity index (χ2n) is 7.10. The van der Waals surface area contributed by atoms with Gasteiger partial charge in [0.25, 0.3) is 5.91 Å². The van der Waals surface area contributed by atoms with E-state index in [0.717, 1.165) is 10.7 Å². The van der Waals surface area contributed by atoms with Crippen molar-refractivity contribution < 1.29 is 27.1 Å². The summed E-state index contributed by atoms with van der Waals surface area (Å²) < 4.78 is 59.5. The fraction of sp³-hybridized carbons (Fsp3) is 0.350. The van der Waals surface area contributed by atoms with Gasteiger partial charge in [0.1, 0.15) is 23.7 Å². The molecule has 4 rings (SSSR count). The highest BCUT2D eigenvalue weighted by atomic mass is 35.5. The molecule has 1 aliphatic rings. The van der Waals surface area contributed by atoms with Gasteiger partial charge >= 0.3 is 6.18 Å². The second-order valence-corrected chi connectivity index (χ2v) is 7.50. The topological polar surface area (TPSA) is 60.2 Å². The molecule has 3 heterocycles. The predicted molar refractivity (Wildman–Crippen MR) is 105 cm³/mol. The van der Waals surface area contributed by atoms with Crippen LogP contribution in [0.2, 0.25) is 5.02 Å². The monoisotopic (exact) mass is 456 g/mol. The minimum absolute atomic E-state index is 0.00608. The first kappa shape index (κ1) is 21.5. The van der Waals surface area contributed by atoms with Gasteiger partial charge in [-0.25, -0.2) is 4.39 Å². The van der Waals surface area contributed by atoms with Gasteiger partial charge in [-0.3, -0.25) is 14.5 Å².